The average Bonchev–Trinajstić information content (AvgIpc) is 3.49. The van der Waals surface area contributed by atoms with Gasteiger partial charge in [-0.15, -0.1) is 0 Å². The smallest absolute Gasteiger partial charge is 0.423 e. The summed E-state index contributed by atoms with van der Waals surface area (Å²) in [6.45, 7) is 4.82. The van der Waals surface area contributed by atoms with Gasteiger partial charge in [-0.05, 0) is 79.3 Å². The summed E-state index contributed by atoms with van der Waals surface area (Å²) >= 11 is 0. The molecule has 0 unspecified atom stereocenters. The number of aryl methyl sites for hydroxylation is 2. The van der Waals surface area contributed by atoms with E-state index in [4.69, 9.17) is 4.74 Å². The minimum Gasteiger partial charge on any atom is -0.423 e. The van der Waals surface area contributed by atoms with Crippen LogP contribution in [0.15, 0.2) is 18.5 Å². The van der Waals surface area contributed by atoms with E-state index in [9.17, 15) is 13.2 Å². The first-order valence-electron chi connectivity index (χ1n) is 12.5. The number of hydrogen-bond acceptors (Lipinski definition) is 6. The molecule has 2 aromatic rings. The third-order valence-corrected chi connectivity index (χ3v) is 8.51. The largest absolute Gasteiger partial charge is 1.00 e. The van der Waals surface area contributed by atoms with Crippen LogP contribution in [0.25, 0.3) is 4.72 Å². The monoisotopic (exact) mass is 521 g/mol. The van der Waals surface area contributed by atoms with E-state index in [2.05, 4.69) is 26.1 Å². The molecule has 188 valence electrons. The minimum absolute atomic E-state index is 0. The Morgan fingerprint density at radius 1 is 1.06 bits per heavy atom. The molecule has 9 nitrogen and oxygen atoms in total. The zero-order valence-corrected chi connectivity index (χ0v) is 24.1. The molecule has 1 saturated heterocycles. The second kappa shape index (κ2) is 11.3. The molecule has 5 rings (SSSR count). The molecule has 0 bridgehead atoms. The van der Waals surface area contributed by atoms with Gasteiger partial charge in [0, 0.05) is 25.2 Å². The first kappa shape index (κ1) is 27.3. The van der Waals surface area contributed by atoms with E-state index in [0.29, 0.717) is 37.6 Å². The van der Waals surface area contributed by atoms with E-state index in [1.54, 1.807) is 0 Å². The number of carbonyl (C=O) groups excluding carboxylic acids is 1. The van der Waals surface area contributed by atoms with Gasteiger partial charge < -0.3 is 14.8 Å². The van der Waals surface area contributed by atoms with Crippen molar-refractivity contribution in [1.82, 2.24) is 9.97 Å². The predicted octanol–water partition coefficient (Wildman–Crippen LogP) is 1.42. The Bertz CT molecular complexity index is 1180. The van der Waals surface area contributed by atoms with Crippen LogP contribution in [0.1, 0.15) is 73.5 Å². The fourth-order valence-corrected chi connectivity index (χ4v) is 6.73. The maximum absolute atomic E-state index is 13.5. The molecule has 1 N–H and O–H groups in total. The number of aromatic nitrogens is 2. The Labute approximate surface area is 235 Å². The molecule has 0 atom stereocenters. The molecule has 1 fully saturated rings. The number of hydrogen-bond donors (Lipinski definition) is 1. The van der Waals surface area contributed by atoms with Crippen molar-refractivity contribution >= 4 is 27.6 Å². The van der Waals surface area contributed by atoms with Crippen LogP contribution in [0.3, 0.4) is 0 Å². The molecule has 0 saturated carbocycles. The van der Waals surface area contributed by atoms with Gasteiger partial charge in [0.1, 0.15) is 5.82 Å². The number of rotatable bonds is 6. The molecule has 1 aliphatic heterocycles. The van der Waals surface area contributed by atoms with E-state index < -0.39 is 16.2 Å². The van der Waals surface area contributed by atoms with Gasteiger partial charge in [-0.25, -0.2) is 18.4 Å². The normalized spacial score (nSPS) is 17.3. The van der Waals surface area contributed by atoms with Crippen LogP contribution in [0.2, 0.25) is 0 Å². The van der Waals surface area contributed by atoms with Crippen LogP contribution in [0, 0.1) is 0 Å². The maximum atomic E-state index is 13.5. The van der Waals surface area contributed by atoms with Crippen LogP contribution in [-0.4, -0.2) is 43.7 Å². The molecule has 36 heavy (non-hydrogen) atoms. The number of nitrogens with one attached hydrogen (secondary N) is 1. The van der Waals surface area contributed by atoms with Crippen molar-refractivity contribution in [3.63, 3.8) is 0 Å². The summed E-state index contributed by atoms with van der Waals surface area (Å²) in [6, 6.07) is 1.02. The summed E-state index contributed by atoms with van der Waals surface area (Å²) in [4.78, 5) is 21.7. The second-order valence-electron chi connectivity index (χ2n) is 9.83. The third-order valence-electron chi connectivity index (χ3n) is 7.10. The van der Waals surface area contributed by atoms with E-state index in [-0.39, 0.29) is 41.5 Å². The molecule has 2 aliphatic carbocycles. The second-order valence-corrected chi connectivity index (χ2v) is 11.3. The van der Waals surface area contributed by atoms with Crippen LogP contribution in [0.5, 0.6) is 0 Å². The van der Waals surface area contributed by atoms with Crippen LogP contribution in [0.4, 0.5) is 16.2 Å². The van der Waals surface area contributed by atoms with Crippen molar-refractivity contribution in [3.05, 3.63) is 51.3 Å². The van der Waals surface area contributed by atoms with Crippen molar-refractivity contribution < 1.29 is 47.5 Å². The fourth-order valence-electron chi connectivity index (χ4n) is 5.44. The number of anilines is 2. The van der Waals surface area contributed by atoms with Crippen molar-refractivity contribution in [2.24, 2.45) is 0 Å². The molecule has 1 aromatic carbocycles. The average molecular weight is 522 g/mol. The van der Waals surface area contributed by atoms with E-state index in [0.717, 1.165) is 55.3 Å². The van der Waals surface area contributed by atoms with Gasteiger partial charge in [-0.3, -0.25) is 9.10 Å². The quantitative estimate of drug-likeness (QED) is 0.575. The Balaban J connectivity index is 0.00000304. The Kier molecular flexibility index (Phi) is 8.61. The van der Waals surface area contributed by atoms with Gasteiger partial charge in [0.25, 0.3) is 10.2 Å². The fraction of sp³-hybridized carbons (Fsp3) is 0.560. The Morgan fingerprint density at radius 2 is 1.64 bits per heavy atom. The summed E-state index contributed by atoms with van der Waals surface area (Å²) < 4.78 is 37.4. The topological polar surface area (TPSA) is 116 Å². The Hall–Kier alpha value is -1.72. The van der Waals surface area contributed by atoms with Gasteiger partial charge in [0.2, 0.25) is 0 Å². The van der Waals surface area contributed by atoms with E-state index >= 15 is 0 Å². The summed E-state index contributed by atoms with van der Waals surface area (Å²) in [5.41, 5.74) is 5.86. The first-order chi connectivity index (χ1) is 16.8. The molecule has 2 heterocycles. The number of amides is 2. The summed E-state index contributed by atoms with van der Waals surface area (Å²) in [5, 5.41) is 2.86. The zero-order valence-electron chi connectivity index (χ0n) is 21.3. The summed E-state index contributed by atoms with van der Waals surface area (Å²) in [6.07, 6.45) is 9.84. The molecular formula is C25H32N5NaO4S. The molecule has 2 amide bonds. The maximum Gasteiger partial charge on any atom is 1.00 e. The minimum atomic E-state index is -4.34. The first-order valence-corrected chi connectivity index (χ1v) is 13.9. The SMILES string of the molecule is CC(C)c1ncc(N(C2CCOCC2)S(=O)(=O)[N-]C(=O)Nc2c3c(cc4c2CCC4)CCC3)cn1.[Na+]. The van der Waals surface area contributed by atoms with E-state index in [1.165, 1.54) is 27.8 Å². The number of ether oxygens (including phenoxy) is 1. The molecule has 3 aliphatic rings. The van der Waals surface area contributed by atoms with Crippen molar-refractivity contribution in [2.75, 3.05) is 22.8 Å². The number of urea groups is 1. The van der Waals surface area contributed by atoms with Crippen molar-refractivity contribution in [1.29, 1.82) is 0 Å². The molecule has 0 radical (unpaired) electrons. The predicted molar refractivity (Wildman–Crippen MR) is 134 cm³/mol. The third kappa shape index (κ3) is 5.57. The number of fused-ring (bicyclic) bond motifs is 2. The number of carbonyl (C=O) groups is 1. The zero-order chi connectivity index (χ0) is 24.6. The summed E-state index contributed by atoms with van der Waals surface area (Å²) in [5.74, 6) is 0.738. The standard InChI is InChI=1S/C25H33N5O4S.Na/c1-16(2)24-26-14-20(15-27-24)30(19-9-11-34-12-10-19)35(32,33)29-25(31)28-23-21-7-3-5-17(21)13-18-6-4-8-22(18)23;/h13-16,19H,3-12H2,1-2H3,(H2,28,29,31);/q;+1/p-1. The summed E-state index contributed by atoms with van der Waals surface area (Å²) in [7, 11) is -4.34. The molecule has 11 heteroatoms. The molecule has 1 aromatic heterocycles. The van der Waals surface area contributed by atoms with Crippen LogP contribution >= 0.6 is 0 Å². The van der Waals surface area contributed by atoms with Gasteiger partial charge >= 0.3 is 29.6 Å². The van der Waals surface area contributed by atoms with Gasteiger partial charge in [-0.1, -0.05) is 19.9 Å². The van der Waals surface area contributed by atoms with Crippen LogP contribution < -0.4 is 39.2 Å². The number of nitrogens with zero attached hydrogens (tertiary/aromatic N) is 4. The van der Waals surface area contributed by atoms with Crippen molar-refractivity contribution in [3.8, 4) is 0 Å². The molecule has 0 spiro atoms. The Morgan fingerprint density at radius 3 is 2.19 bits per heavy atom. The van der Waals surface area contributed by atoms with Gasteiger partial charge in [0.05, 0.1) is 18.1 Å². The molecular weight excluding hydrogens is 489 g/mol. The van der Waals surface area contributed by atoms with Crippen molar-refractivity contribution in [2.45, 2.75) is 77.2 Å². The van der Waals surface area contributed by atoms with Gasteiger partial charge in [-0.2, -0.15) is 0 Å². The number of benzene rings is 1. The van der Waals surface area contributed by atoms with Crippen LogP contribution in [-0.2, 0) is 40.6 Å². The van der Waals surface area contributed by atoms with E-state index in [1.807, 2.05) is 13.8 Å². The van der Waals surface area contributed by atoms with Gasteiger partial charge in [0.15, 0.2) is 6.03 Å².